The monoisotopic (exact) mass is 458 g/mol. The molecule has 5 nitrogen and oxygen atoms in total. The molecule has 0 atom stereocenters. The van der Waals surface area contributed by atoms with Gasteiger partial charge < -0.3 is 4.74 Å². The van der Waals surface area contributed by atoms with Gasteiger partial charge in [0.2, 0.25) is 0 Å². The second kappa shape index (κ2) is 9.55. The summed E-state index contributed by atoms with van der Waals surface area (Å²) < 4.78 is 11.2. The molecule has 2 aromatic carbocycles. The highest BCUT2D eigenvalue weighted by molar-refractivity contribution is 9.10. The Morgan fingerprint density at radius 1 is 1.30 bits per heavy atom. The van der Waals surface area contributed by atoms with Crippen LogP contribution in [0.3, 0.4) is 0 Å². The smallest absolute Gasteiger partial charge is 0.148 e. The van der Waals surface area contributed by atoms with Gasteiger partial charge in [-0.25, -0.2) is 0 Å². The maximum Gasteiger partial charge on any atom is 0.148 e. The van der Waals surface area contributed by atoms with Crippen molar-refractivity contribution < 1.29 is 4.74 Å². The fourth-order valence-corrected chi connectivity index (χ4v) is 3.89. The van der Waals surface area contributed by atoms with Crippen LogP contribution in [0, 0.1) is 11.3 Å². The number of nitrogens with one attached hydrogen (secondary N) is 1. The SMILES string of the molecule is CSc1nsc(NN=Cc2ccccc2OCc2ccc(Br)cc2)c1C#N. The van der Waals surface area contributed by atoms with E-state index in [1.54, 1.807) is 6.21 Å². The number of halogens is 1. The summed E-state index contributed by atoms with van der Waals surface area (Å²) in [6.45, 7) is 0.468. The molecule has 0 aliphatic carbocycles. The first-order chi connectivity index (χ1) is 13.2. The largest absolute Gasteiger partial charge is 0.488 e. The van der Waals surface area contributed by atoms with Gasteiger partial charge in [-0.1, -0.05) is 40.2 Å². The third-order valence-corrected chi connectivity index (χ3v) is 5.64. The van der Waals surface area contributed by atoms with Crippen LogP contribution in [0.2, 0.25) is 0 Å². The van der Waals surface area contributed by atoms with Gasteiger partial charge in [0.15, 0.2) is 0 Å². The predicted octanol–water partition coefficient (Wildman–Crippen LogP) is 5.52. The van der Waals surface area contributed by atoms with Crippen LogP contribution < -0.4 is 10.2 Å². The van der Waals surface area contributed by atoms with Crippen LogP contribution in [0.15, 0.2) is 63.1 Å². The van der Waals surface area contributed by atoms with E-state index in [4.69, 9.17) is 4.74 Å². The van der Waals surface area contributed by atoms with E-state index in [9.17, 15) is 5.26 Å². The molecule has 136 valence electrons. The van der Waals surface area contributed by atoms with E-state index in [0.29, 0.717) is 22.2 Å². The van der Waals surface area contributed by atoms with Gasteiger partial charge >= 0.3 is 0 Å². The highest BCUT2D eigenvalue weighted by atomic mass is 79.9. The van der Waals surface area contributed by atoms with Gasteiger partial charge in [0.25, 0.3) is 0 Å². The number of para-hydroxylation sites is 1. The van der Waals surface area contributed by atoms with E-state index in [0.717, 1.165) is 21.3 Å². The third kappa shape index (κ3) is 5.10. The van der Waals surface area contributed by atoms with Crippen LogP contribution in [0.25, 0.3) is 0 Å². The number of thioether (sulfide) groups is 1. The number of hydrazone groups is 1. The number of nitriles is 1. The lowest BCUT2D eigenvalue weighted by Gasteiger charge is -2.09. The summed E-state index contributed by atoms with van der Waals surface area (Å²) in [5, 5.41) is 14.8. The van der Waals surface area contributed by atoms with Crippen LogP contribution in [-0.2, 0) is 6.61 Å². The van der Waals surface area contributed by atoms with E-state index >= 15 is 0 Å². The number of anilines is 1. The Kier molecular flexibility index (Phi) is 6.87. The summed E-state index contributed by atoms with van der Waals surface area (Å²) in [7, 11) is 0. The fraction of sp³-hybridized carbons (Fsp3) is 0.105. The molecule has 3 aromatic rings. The molecule has 0 amide bonds. The van der Waals surface area contributed by atoms with Crippen molar-refractivity contribution in [2.45, 2.75) is 11.6 Å². The summed E-state index contributed by atoms with van der Waals surface area (Å²) >= 11 is 6.09. The number of hydrogen-bond acceptors (Lipinski definition) is 7. The summed E-state index contributed by atoms with van der Waals surface area (Å²) in [5.74, 6) is 0.737. The molecule has 1 N–H and O–H groups in total. The Morgan fingerprint density at radius 3 is 2.81 bits per heavy atom. The van der Waals surface area contributed by atoms with Crippen molar-refractivity contribution in [3.63, 3.8) is 0 Å². The Hall–Kier alpha value is -2.34. The summed E-state index contributed by atoms with van der Waals surface area (Å²) in [6, 6.07) is 17.8. The van der Waals surface area contributed by atoms with Crippen LogP contribution in [0.4, 0.5) is 5.00 Å². The standard InChI is InChI=1S/C19H15BrN4OS2/c1-26-19-16(10-21)18(27-24-19)23-22-11-14-4-2-3-5-17(14)25-12-13-6-8-15(20)9-7-13/h2-9,11,23H,12H2,1H3. The molecular formula is C19H15BrN4OS2. The molecule has 0 spiro atoms. The van der Waals surface area contributed by atoms with Gasteiger partial charge in [-0.3, -0.25) is 5.43 Å². The minimum Gasteiger partial charge on any atom is -0.488 e. The topological polar surface area (TPSA) is 70.3 Å². The van der Waals surface area contributed by atoms with Crippen molar-refractivity contribution in [1.29, 1.82) is 5.26 Å². The highest BCUT2D eigenvalue weighted by Gasteiger charge is 2.12. The lowest BCUT2D eigenvalue weighted by atomic mass is 10.2. The van der Waals surface area contributed by atoms with E-state index in [1.807, 2.05) is 54.8 Å². The van der Waals surface area contributed by atoms with Crippen molar-refractivity contribution in [2.75, 3.05) is 11.7 Å². The zero-order valence-electron chi connectivity index (χ0n) is 14.3. The maximum atomic E-state index is 9.26. The van der Waals surface area contributed by atoms with E-state index < -0.39 is 0 Å². The lowest BCUT2D eigenvalue weighted by Crippen LogP contribution is -1.99. The molecule has 0 unspecified atom stereocenters. The third-order valence-electron chi connectivity index (χ3n) is 3.56. The molecule has 1 aromatic heterocycles. The van der Waals surface area contributed by atoms with Gasteiger partial charge in [0.05, 0.1) is 6.21 Å². The molecule has 0 aliphatic heterocycles. The van der Waals surface area contributed by atoms with Crippen molar-refractivity contribution in [3.05, 3.63) is 69.7 Å². The lowest BCUT2D eigenvalue weighted by molar-refractivity contribution is 0.306. The second-order valence-electron chi connectivity index (χ2n) is 5.33. The maximum absolute atomic E-state index is 9.26. The molecule has 0 bridgehead atoms. The number of rotatable bonds is 7. The first kappa shape index (κ1) is 19.4. The Morgan fingerprint density at radius 2 is 2.07 bits per heavy atom. The zero-order chi connectivity index (χ0) is 19.1. The molecule has 27 heavy (non-hydrogen) atoms. The first-order valence-electron chi connectivity index (χ1n) is 7.90. The molecule has 8 heteroatoms. The summed E-state index contributed by atoms with van der Waals surface area (Å²) in [4.78, 5) is 0. The number of hydrogen-bond donors (Lipinski definition) is 1. The Bertz CT molecular complexity index is 980. The average molecular weight is 459 g/mol. The number of benzene rings is 2. The first-order valence-corrected chi connectivity index (χ1v) is 10.7. The molecule has 0 radical (unpaired) electrons. The number of nitrogens with zero attached hydrogens (tertiary/aromatic N) is 3. The minimum absolute atomic E-state index is 0.468. The van der Waals surface area contributed by atoms with Gasteiger partial charge in [0.1, 0.15) is 34.0 Å². The molecule has 0 aliphatic rings. The van der Waals surface area contributed by atoms with Crippen LogP contribution in [-0.4, -0.2) is 16.8 Å². The number of aromatic nitrogens is 1. The van der Waals surface area contributed by atoms with E-state index in [1.165, 1.54) is 23.3 Å². The van der Waals surface area contributed by atoms with Crippen molar-refractivity contribution in [1.82, 2.24) is 4.37 Å². The minimum atomic E-state index is 0.468. The summed E-state index contributed by atoms with van der Waals surface area (Å²) in [5.41, 5.74) is 5.34. The van der Waals surface area contributed by atoms with Crippen LogP contribution >= 0.6 is 39.2 Å². The summed E-state index contributed by atoms with van der Waals surface area (Å²) in [6.07, 6.45) is 3.57. The van der Waals surface area contributed by atoms with Crippen molar-refractivity contribution >= 4 is 50.4 Å². The molecule has 1 heterocycles. The molecule has 3 rings (SSSR count). The van der Waals surface area contributed by atoms with Gasteiger partial charge in [-0.2, -0.15) is 14.7 Å². The molecular weight excluding hydrogens is 444 g/mol. The molecule has 0 fully saturated rings. The van der Waals surface area contributed by atoms with Crippen molar-refractivity contribution in [2.24, 2.45) is 5.10 Å². The Balaban J connectivity index is 1.68. The normalized spacial score (nSPS) is 10.7. The van der Waals surface area contributed by atoms with E-state index in [-0.39, 0.29) is 0 Å². The number of ether oxygens (including phenoxy) is 1. The quantitative estimate of drug-likeness (QED) is 0.286. The van der Waals surface area contributed by atoms with Gasteiger partial charge in [0, 0.05) is 10.0 Å². The van der Waals surface area contributed by atoms with Crippen molar-refractivity contribution in [3.8, 4) is 11.8 Å². The fourth-order valence-electron chi connectivity index (χ4n) is 2.21. The van der Waals surface area contributed by atoms with Crippen LogP contribution in [0.1, 0.15) is 16.7 Å². The highest BCUT2D eigenvalue weighted by Crippen LogP contribution is 2.29. The molecule has 0 saturated carbocycles. The zero-order valence-corrected chi connectivity index (χ0v) is 17.6. The van der Waals surface area contributed by atoms with Gasteiger partial charge in [-0.15, -0.1) is 11.8 Å². The Labute approximate surface area is 174 Å². The molecule has 0 saturated heterocycles. The van der Waals surface area contributed by atoms with Gasteiger partial charge in [-0.05, 0) is 47.6 Å². The van der Waals surface area contributed by atoms with Crippen LogP contribution in [0.5, 0.6) is 5.75 Å². The predicted molar refractivity (Wildman–Crippen MR) is 115 cm³/mol. The average Bonchev–Trinajstić information content (AvgIpc) is 3.10. The van der Waals surface area contributed by atoms with E-state index in [2.05, 4.69) is 36.9 Å². The second-order valence-corrected chi connectivity index (χ2v) is 7.81.